The van der Waals surface area contributed by atoms with Gasteiger partial charge in [0.2, 0.25) is 0 Å². The van der Waals surface area contributed by atoms with E-state index in [1.54, 1.807) is 11.8 Å². The average Bonchev–Trinajstić information content (AvgIpc) is 3.17. The van der Waals surface area contributed by atoms with Gasteiger partial charge < -0.3 is 15.1 Å². The topological polar surface area (TPSA) is 104 Å². The van der Waals surface area contributed by atoms with Crippen LogP contribution in [0.1, 0.15) is 30.0 Å². The lowest BCUT2D eigenvalue weighted by Crippen LogP contribution is -2.46. The lowest BCUT2D eigenvalue weighted by Gasteiger charge is -2.44. The van der Waals surface area contributed by atoms with Crippen molar-refractivity contribution in [1.29, 1.82) is 0 Å². The van der Waals surface area contributed by atoms with Crippen LogP contribution < -0.4 is 0 Å². The summed E-state index contributed by atoms with van der Waals surface area (Å²) in [6, 6.07) is 6.72. The third-order valence-corrected chi connectivity index (χ3v) is 6.67. The molecule has 4 heterocycles. The lowest BCUT2D eigenvalue weighted by molar-refractivity contribution is -0.159. The number of benzene rings is 1. The summed E-state index contributed by atoms with van der Waals surface area (Å²) in [6.07, 6.45) is 2.59. The van der Waals surface area contributed by atoms with E-state index in [1.807, 2.05) is 12.1 Å². The number of hydrogen-bond acceptors (Lipinski definition) is 7. The number of carboxylic acids is 2. The van der Waals surface area contributed by atoms with E-state index < -0.39 is 11.9 Å². The Morgan fingerprint density at radius 1 is 1.14 bits per heavy atom. The number of fused-ring (bicyclic) bond motifs is 3. The average molecular weight is 426 g/mol. The second-order valence-electron chi connectivity index (χ2n) is 6.72. The van der Waals surface area contributed by atoms with E-state index in [4.69, 9.17) is 19.8 Å². The van der Waals surface area contributed by atoms with Crippen molar-refractivity contribution in [2.45, 2.75) is 29.5 Å². The molecule has 3 saturated heterocycles. The molecule has 2 aromatic rings. The van der Waals surface area contributed by atoms with Gasteiger partial charge in [-0.3, -0.25) is 0 Å². The molecule has 2 bridgehead atoms. The first-order valence-corrected chi connectivity index (χ1v) is 10.5. The molecule has 0 spiro atoms. The summed E-state index contributed by atoms with van der Waals surface area (Å²) in [7, 11) is 0. The number of carboxylic acid groups (broad SMARTS) is 2. The molecule has 3 aliphatic rings. The number of rotatable bonds is 4. The Hall–Kier alpha value is -2.04. The largest absolute Gasteiger partial charge is 0.473 e. The number of carbonyl (C=O) groups is 2. The monoisotopic (exact) mass is 425 g/mol. The van der Waals surface area contributed by atoms with Gasteiger partial charge in [0.05, 0.1) is 17.4 Å². The van der Waals surface area contributed by atoms with Crippen LogP contribution in [0.3, 0.4) is 0 Å². The zero-order valence-corrected chi connectivity index (χ0v) is 16.6. The zero-order valence-electron chi connectivity index (χ0n) is 15.0. The zero-order chi connectivity index (χ0) is 20.1. The molecule has 3 fully saturated rings. The van der Waals surface area contributed by atoms with Crippen molar-refractivity contribution < 1.29 is 24.2 Å². The van der Waals surface area contributed by atoms with Crippen LogP contribution in [0.4, 0.5) is 4.39 Å². The molecule has 1 atom stereocenters. The van der Waals surface area contributed by atoms with E-state index in [-0.39, 0.29) is 5.82 Å². The van der Waals surface area contributed by atoms with Crippen molar-refractivity contribution in [1.82, 2.24) is 13.6 Å². The minimum Gasteiger partial charge on any atom is -0.473 e. The summed E-state index contributed by atoms with van der Waals surface area (Å²) < 4.78 is 22.1. The van der Waals surface area contributed by atoms with E-state index in [2.05, 4.69) is 13.6 Å². The van der Waals surface area contributed by atoms with Crippen LogP contribution in [0.15, 0.2) is 29.3 Å². The second-order valence-corrected chi connectivity index (χ2v) is 8.22. The van der Waals surface area contributed by atoms with Crippen LogP contribution >= 0.6 is 23.5 Å². The maximum Gasteiger partial charge on any atom is 0.414 e. The molecule has 0 radical (unpaired) electrons. The normalized spacial score (nSPS) is 23.0. The number of aliphatic carboxylic acids is 2. The molecule has 7 nitrogen and oxygen atoms in total. The first-order valence-electron chi connectivity index (χ1n) is 8.82. The summed E-state index contributed by atoms with van der Waals surface area (Å²) in [5, 5.41) is 15.9. The molecule has 150 valence electrons. The first-order chi connectivity index (χ1) is 13.4. The number of halogens is 1. The molecule has 0 aliphatic carbocycles. The molecular weight excluding hydrogens is 405 g/mol. The van der Waals surface area contributed by atoms with Crippen LogP contribution in [-0.2, 0) is 15.3 Å². The fourth-order valence-electron chi connectivity index (χ4n) is 3.52. The minimum atomic E-state index is -1.82. The fourth-order valence-corrected chi connectivity index (χ4v) is 5.25. The van der Waals surface area contributed by atoms with Gasteiger partial charge in [0.1, 0.15) is 10.8 Å². The van der Waals surface area contributed by atoms with E-state index in [9.17, 15) is 4.39 Å². The van der Waals surface area contributed by atoms with Crippen LogP contribution in [0, 0.1) is 11.7 Å². The van der Waals surface area contributed by atoms with Gasteiger partial charge >= 0.3 is 11.9 Å². The fraction of sp³-hybridized carbons (Fsp3) is 0.444. The molecule has 5 rings (SSSR count). The van der Waals surface area contributed by atoms with Gasteiger partial charge in [0.15, 0.2) is 0 Å². The summed E-state index contributed by atoms with van der Waals surface area (Å²) in [6.45, 7) is 3.63. The number of piperidine rings is 3. The van der Waals surface area contributed by atoms with Crippen molar-refractivity contribution in [2.75, 3.05) is 19.6 Å². The second kappa shape index (κ2) is 9.44. The van der Waals surface area contributed by atoms with Crippen LogP contribution in [0.2, 0.25) is 0 Å². The smallest absolute Gasteiger partial charge is 0.414 e. The molecule has 0 amide bonds. The summed E-state index contributed by atoms with van der Waals surface area (Å²) >= 11 is 3.05. The van der Waals surface area contributed by atoms with Crippen molar-refractivity contribution in [3.8, 4) is 0 Å². The van der Waals surface area contributed by atoms with Gasteiger partial charge in [-0.2, -0.15) is 8.75 Å². The van der Waals surface area contributed by atoms with Gasteiger partial charge in [-0.25, -0.2) is 14.0 Å². The Kier molecular flexibility index (Phi) is 6.97. The molecule has 1 aromatic carbocycles. The maximum atomic E-state index is 13.0. The van der Waals surface area contributed by atoms with Gasteiger partial charge in [0, 0.05) is 18.2 Å². The van der Waals surface area contributed by atoms with Crippen molar-refractivity contribution in [3.63, 3.8) is 0 Å². The highest BCUT2D eigenvalue weighted by molar-refractivity contribution is 7.98. The molecule has 10 heteroatoms. The highest BCUT2D eigenvalue weighted by Crippen LogP contribution is 2.41. The van der Waals surface area contributed by atoms with Crippen molar-refractivity contribution in [3.05, 3.63) is 41.3 Å². The van der Waals surface area contributed by atoms with E-state index in [0.717, 1.165) is 28.8 Å². The molecule has 28 heavy (non-hydrogen) atoms. The predicted octanol–water partition coefficient (Wildman–Crippen LogP) is 2.93. The van der Waals surface area contributed by atoms with Crippen molar-refractivity contribution >= 4 is 35.4 Å². The number of nitrogens with zero attached hydrogens (tertiary/aromatic N) is 3. The SMILES string of the molecule is Fc1ccc(CSc2nsnc2C2CN3CCC2CC3)cc1.O=C(O)C(=O)O. The number of thioether (sulfide) groups is 1. The van der Waals surface area contributed by atoms with Crippen LogP contribution in [0.25, 0.3) is 0 Å². The quantitative estimate of drug-likeness (QED) is 0.569. The standard InChI is InChI=1S/C16H18FN3S2.C2H2O4/c17-13-3-1-11(2-4-13)10-21-16-15(18-22-19-16)14-9-20-7-5-12(14)6-8-20;3-1(4)2(5)6/h1-4,12,14H,5-10H2;(H,3,4)(H,5,6). The van der Waals surface area contributed by atoms with E-state index in [0.29, 0.717) is 5.92 Å². The highest BCUT2D eigenvalue weighted by atomic mass is 32.2. The minimum absolute atomic E-state index is 0.183. The van der Waals surface area contributed by atoms with E-state index in [1.165, 1.54) is 55.5 Å². The molecule has 1 unspecified atom stereocenters. The summed E-state index contributed by atoms with van der Waals surface area (Å²) in [4.78, 5) is 20.8. The highest BCUT2D eigenvalue weighted by Gasteiger charge is 2.37. The molecule has 3 aliphatic heterocycles. The predicted molar refractivity (Wildman–Crippen MR) is 103 cm³/mol. The summed E-state index contributed by atoms with van der Waals surface area (Å²) in [5.74, 6) is -1.68. The summed E-state index contributed by atoms with van der Waals surface area (Å²) in [5.41, 5.74) is 2.32. The van der Waals surface area contributed by atoms with Gasteiger partial charge in [0.25, 0.3) is 0 Å². The molecule has 1 aromatic heterocycles. The van der Waals surface area contributed by atoms with E-state index >= 15 is 0 Å². The van der Waals surface area contributed by atoms with Gasteiger partial charge in [-0.15, -0.1) is 0 Å². The first kappa shape index (κ1) is 20.7. The molecular formula is C18H20FN3O4S2. The third kappa shape index (κ3) is 5.27. The maximum absolute atomic E-state index is 13.0. The van der Waals surface area contributed by atoms with Crippen molar-refractivity contribution in [2.24, 2.45) is 5.92 Å². The number of aromatic nitrogens is 2. The van der Waals surface area contributed by atoms with Gasteiger partial charge in [-0.05, 0) is 49.5 Å². The Balaban J connectivity index is 0.000000330. The Morgan fingerprint density at radius 3 is 2.32 bits per heavy atom. The Labute approximate surface area is 169 Å². The molecule has 0 saturated carbocycles. The van der Waals surface area contributed by atoms with Crippen LogP contribution in [-0.4, -0.2) is 55.4 Å². The third-order valence-electron chi connectivity index (χ3n) is 4.96. The van der Waals surface area contributed by atoms with Crippen LogP contribution in [0.5, 0.6) is 0 Å². The number of hydrogen-bond donors (Lipinski definition) is 2. The Bertz CT molecular complexity index is 810. The Morgan fingerprint density at radius 2 is 1.79 bits per heavy atom. The molecule has 2 N–H and O–H groups in total. The van der Waals surface area contributed by atoms with Gasteiger partial charge in [-0.1, -0.05) is 23.9 Å². The lowest BCUT2D eigenvalue weighted by atomic mass is 9.78.